The molecule has 0 spiro atoms. The molecule has 0 saturated carbocycles. The zero-order chi connectivity index (χ0) is 14.2. The van der Waals surface area contributed by atoms with Crippen LogP contribution in [0.3, 0.4) is 0 Å². The van der Waals surface area contributed by atoms with Crippen LogP contribution >= 0.6 is 11.3 Å². The van der Waals surface area contributed by atoms with Gasteiger partial charge in [0.25, 0.3) is 0 Å². The summed E-state index contributed by atoms with van der Waals surface area (Å²) in [6.45, 7) is 0.702. The first kappa shape index (κ1) is 12.6. The minimum absolute atomic E-state index is 0.702. The quantitative estimate of drug-likeness (QED) is 0.598. The molecule has 0 aliphatic heterocycles. The van der Waals surface area contributed by atoms with Gasteiger partial charge in [0, 0.05) is 15.6 Å². The Morgan fingerprint density at radius 1 is 0.810 bits per heavy atom. The van der Waals surface area contributed by atoms with Crippen LogP contribution in [0.25, 0.3) is 26.8 Å². The van der Waals surface area contributed by atoms with Gasteiger partial charge in [0.15, 0.2) is 0 Å². The summed E-state index contributed by atoms with van der Waals surface area (Å²) in [4.78, 5) is 1.34. The van der Waals surface area contributed by atoms with Gasteiger partial charge in [-0.1, -0.05) is 36.4 Å². The summed E-state index contributed by atoms with van der Waals surface area (Å²) in [6, 6.07) is 21.6. The van der Waals surface area contributed by atoms with Crippen molar-refractivity contribution in [3.05, 3.63) is 65.5 Å². The Labute approximate surface area is 127 Å². The molecule has 0 fully saturated rings. The first-order valence-corrected chi connectivity index (χ1v) is 7.97. The van der Waals surface area contributed by atoms with Gasteiger partial charge in [0.2, 0.25) is 0 Å². The van der Waals surface area contributed by atoms with E-state index in [4.69, 9.17) is 5.73 Å². The van der Waals surface area contributed by atoms with E-state index in [1.807, 2.05) is 11.3 Å². The minimum atomic E-state index is 0.702. The highest BCUT2D eigenvalue weighted by Crippen LogP contribution is 2.34. The molecule has 2 nitrogen and oxygen atoms in total. The molecule has 21 heavy (non-hydrogen) atoms. The Morgan fingerprint density at radius 3 is 2.05 bits per heavy atom. The van der Waals surface area contributed by atoms with Crippen molar-refractivity contribution in [2.24, 2.45) is 5.73 Å². The summed E-state index contributed by atoms with van der Waals surface area (Å²) < 4.78 is 2.36. The Balaban J connectivity index is 2.04. The maximum Gasteiger partial charge on any atom is 0.100 e. The molecule has 3 heteroatoms. The molecule has 0 aliphatic rings. The summed E-state index contributed by atoms with van der Waals surface area (Å²) in [5.74, 6) is 0. The summed E-state index contributed by atoms with van der Waals surface area (Å²) >= 11 is 1.83. The number of nitrogens with two attached hydrogens (primary N) is 1. The molecule has 2 aromatic heterocycles. The number of para-hydroxylation sites is 2. The average molecular weight is 292 g/mol. The first-order chi connectivity index (χ1) is 10.4. The maximum absolute atomic E-state index is 5.67. The fourth-order valence-electron chi connectivity index (χ4n) is 2.92. The van der Waals surface area contributed by atoms with E-state index in [9.17, 15) is 0 Å². The van der Waals surface area contributed by atoms with Crippen LogP contribution < -0.4 is 5.73 Å². The maximum atomic E-state index is 5.67. The Morgan fingerprint density at radius 2 is 1.43 bits per heavy atom. The van der Waals surface area contributed by atoms with Crippen molar-refractivity contribution in [2.75, 3.05) is 6.54 Å². The number of aromatic nitrogens is 1. The van der Waals surface area contributed by atoms with Gasteiger partial charge in [0.1, 0.15) is 5.00 Å². The lowest BCUT2D eigenvalue weighted by atomic mass is 10.2. The Hall–Kier alpha value is -2.10. The molecule has 4 aromatic rings. The van der Waals surface area contributed by atoms with E-state index in [0.29, 0.717) is 6.54 Å². The number of thiophene rings is 1. The lowest BCUT2D eigenvalue weighted by Crippen LogP contribution is -2.00. The van der Waals surface area contributed by atoms with Gasteiger partial charge in [-0.05, 0) is 37.2 Å². The van der Waals surface area contributed by atoms with Crippen LogP contribution in [0.4, 0.5) is 0 Å². The Kier molecular flexibility index (Phi) is 3.02. The van der Waals surface area contributed by atoms with Crippen molar-refractivity contribution in [1.82, 2.24) is 4.57 Å². The molecule has 0 atom stereocenters. The van der Waals surface area contributed by atoms with Crippen molar-refractivity contribution in [1.29, 1.82) is 0 Å². The third-order valence-electron chi connectivity index (χ3n) is 3.84. The molecular weight excluding hydrogens is 276 g/mol. The van der Waals surface area contributed by atoms with Crippen LogP contribution in [0.5, 0.6) is 0 Å². The molecule has 2 N–H and O–H groups in total. The number of hydrogen-bond acceptors (Lipinski definition) is 2. The predicted molar refractivity (Wildman–Crippen MR) is 91.4 cm³/mol. The van der Waals surface area contributed by atoms with Crippen LogP contribution in [0, 0.1) is 0 Å². The predicted octanol–water partition coefficient (Wildman–Crippen LogP) is 4.35. The van der Waals surface area contributed by atoms with Crippen molar-refractivity contribution >= 4 is 33.1 Å². The molecule has 4 rings (SSSR count). The van der Waals surface area contributed by atoms with Gasteiger partial charge >= 0.3 is 0 Å². The zero-order valence-corrected chi connectivity index (χ0v) is 12.4. The van der Waals surface area contributed by atoms with Crippen LogP contribution in [0.2, 0.25) is 0 Å². The fraction of sp³-hybridized carbons (Fsp3) is 0.111. The molecule has 0 bridgehead atoms. The van der Waals surface area contributed by atoms with E-state index >= 15 is 0 Å². The smallest absolute Gasteiger partial charge is 0.100 e. The number of rotatable bonds is 3. The van der Waals surface area contributed by atoms with Gasteiger partial charge in [-0.2, -0.15) is 0 Å². The molecule has 2 aromatic carbocycles. The van der Waals surface area contributed by atoms with E-state index in [0.717, 1.165) is 6.42 Å². The number of hydrogen-bond donors (Lipinski definition) is 1. The topological polar surface area (TPSA) is 30.9 Å². The second kappa shape index (κ2) is 5.02. The third-order valence-corrected chi connectivity index (χ3v) is 4.97. The zero-order valence-electron chi connectivity index (χ0n) is 11.6. The SMILES string of the molecule is NCCc1ccc(-n2c3ccccc3c3ccccc32)s1. The number of benzene rings is 2. The van der Waals surface area contributed by atoms with Gasteiger partial charge in [-0.15, -0.1) is 11.3 Å². The molecule has 0 aliphatic carbocycles. The second-order valence-corrected chi connectivity index (χ2v) is 6.30. The summed E-state index contributed by atoms with van der Waals surface area (Å²) in [7, 11) is 0. The molecule has 0 saturated heterocycles. The van der Waals surface area contributed by atoms with Crippen molar-refractivity contribution in [3.8, 4) is 5.00 Å². The van der Waals surface area contributed by atoms with E-state index in [1.54, 1.807) is 0 Å². The molecule has 104 valence electrons. The summed E-state index contributed by atoms with van der Waals surface area (Å²) in [5.41, 5.74) is 8.20. The molecule has 2 heterocycles. The monoisotopic (exact) mass is 292 g/mol. The summed E-state index contributed by atoms with van der Waals surface area (Å²) in [5, 5.41) is 3.87. The third kappa shape index (κ3) is 1.97. The van der Waals surface area contributed by atoms with E-state index in [1.165, 1.54) is 31.7 Å². The molecular formula is C18H16N2S. The minimum Gasteiger partial charge on any atom is -0.330 e. The fourth-order valence-corrected chi connectivity index (χ4v) is 3.97. The molecule has 0 unspecified atom stereocenters. The largest absolute Gasteiger partial charge is 0.330 e. The highest BCUT2D eigenvalue weighted by atomic mass is 32.1. The lowest BCUT2D eigenvalue weighted by Gasteiger charge is -2.03. The molecule has 0 radical (unpaired) electrons. The highest BCUT2D eigenvalue weighted by molar-refractivity contribution is 7.14. The van der Waals surface area contributed by atoms with Crippen LogP contribution in [-0.4, -0.2) is 11.1 Å². The Bertz CT molecular complexity index is 864. The first-order valence-electron chi connectivity index (χ1n) is 7.16. The lowest BCUT2D eigenvalue weighted by molar-refractivity contribution is 0.989. The van der Waals surface area contributed by atoms with Gasteiger partial charge in [0.05, 0.1) is 11.0 Å². The van der Waals surface area contributed by atoms with Crippen LogP contribution in [0.15, 0.2) is 60.7 Å². The number of fused-ring (bicyclic) bond motifs is 3. The number of nitrogens with zero attached hydrogens (tertiary/aromatic N) is 1. The van der Waals surface area contributed by atoms with E-state index in [-0.39, 0.29) is 0 Å². The van der Waals surface area contributed by atoms with Crippen molar-refractivity contribution in [2.45, 2.75) is 6.42 Å². The van der Waals surface area contributed by atoms with Gasteiger partial charge in [-0.25, -0.2) is 0 Å². The molecule has 0 amide bonds. The highest BCUT2D eigenvalue weighted by Gasteiger charge is 2.12. The van der Waals surface area contributed by atoms with Gasteiger partial charge < -0.3 is 10.3 Å². The van der Waals surface area contributed by atoms with Crippen LogP contribution in [-0.2, 0) is 6.42 Å². The van der Waals surface area contributed by atoms with Gasteiger partial charge in [-0.3, -0.25) is 0 Å². The van der Waals surface area contributed by atoms with Crippen LogP contribution in [0.1, 0.15) is 4.88 Å². The average Bonchev–Trinajstić information content (AvgIpc) is 3.10. The second-order valence-electron chi connectivity index (χ2n) is 5.15. The van der Waals surface area contributed by atoms with E-state index < -0.39 is 0 Å². The summed E-state index contributed by atoms with van der Waals surface area (Å²) in [6.07, 6.45) is 0.946. The standard InChI is InChI=1S/C18H16N2S/c19-12-11-13-9-10-18(21-13)20-16-7-3-1-5-14(16)15-6-2-4-8-17(15)20/h1-10H,11-12,19H2. The van der Waals surface area contributed by atoms with Crippen molar-refractivity contribution < 1.29 is 0 Å². The normalized spacial score (nSPS) is 11.5. The van der Waals surface area contributed by atoms with E-state index in [2.05, 4.69) is 65.2 Å². The van der Waals surface area contributed by atoms with Crippen molar-refractivity contribution in [3.63, 3.8) is 0 Å².